The van der Waals surface area contributed by atoms with Crippen LogP contribution in [0.5, 0.6) is 0 Å². The lowest BCUT2D eigenvalue weighted by Crippen LogP contribution is -2.28. The van der Waals surface area contributed by atoms with Crippen molar-refractivity contribution in [2.24, 2.45) is 0 Å². The van der Waals surface area contributed by atoms with Crippen LogP contribution in [-0.2, 0) is 36.8 Å². The molecule has 0 bridgehead atoms. The minimum absolute atomic E-state index is 0.100. The van der Waals surface area contributed by atoms with Crippen molar-refractivity contribution in [2.45, 2.75) is 49.6 Å². The van der Waals surface area contributed by atoms with Crippen LogP contribution in [-0.4, -0.2) is 7.57 Å². The zero-order valence-electron chi connectivity index (χ0n) is 17.2. The summed E-state index contributed by atoms with van der Waals surface area (Å²) >= 11 is 0. The van der Waals surface area contributed by atoms with Gasteiger partial charge in [-0.2, -0.15) is 13.2 Å². The number of alkyl halides is 3. The van der Waals surface area contributed by atoms with E-state index in [1.807, 2.05) is 0 Å². The van der Waals surface area contributed by atoms with Crippen molar-refractivity contribution >= 4 is 20.0 Å². The molecular weight excluding hydrogens is 411 g/mol. The first-order valence-corrected chi connectivity index (χ1v) is 13.1. The smallest absolute Gasteiger partial charge is 0.166 e. The molecule has 0 fully saturated rings. The topological polar surface area (TPSA) is 0 Å². The van der Waals surface area contributed by atoms with Crippen LogP contribution < -0.4 is 5.30 Å². The third-order valence-corrected chi connectivity index (χ3v) is 10.8. The van der Waals surface area contributed by atoms with Gasteiger partial charge in [-0.05, 0) is 83.3 Å². The van der Waals surface area contributed by atoms with Gasteiger partial charge in [-0.25, -0.2) is 0 Å². The highest BCUT2D eigenvalue weighted by Crippen LogP contribution is 2.65. The Bertz CT molecular complexity index is 1130. The van der Waals surface area contributed by atoms with Crippen molar-refractivity contribution in [1.29, 1.82) is 0 Å². The lowest BCUT2D eigenvalue weighted by Gasteiger charge is -2.36. The lowest BCUT2D eigenvalue weighted by atomic mass is 9.73. The highest BCUT2D eigenvalue weighted by molar-refractivity contribution is 8.01. The molecule has 2 radical (unpaired) electrons. The number of rotatable bonds is 1. The highest BCUT2D eigenvalue weighted by atomic mass is 31.2. The summed E-state index contributed by atoms with van der Waals surface area (Å²) in [5, 5.41) is 0.874. The highest BCUT2D eigenvalue weighted by Gasteiger charge is 2.51. The molecule has 2 aliphatic carbocycles. The minimum Gasteiger partial charge on any atom is -0.166 e. The van der Waals surface area contributed by atoms with Gasteiger partial charge in [0.25, 0.3) is 0 Å². The summed E-state index contributed by atoms with van der Waals surface area (Å²) < 4.78 is 39.4. The third-order valence-electron chi connectivity index (χ3n) is 7.69. The third kappa shape index (κ3) is 2.80. The fourth-order valence-corrected chi connectivity index (χ4v) is 9.42. The Hall–Kier alpha value is -2.06. The number of benzene rings is 3. The van der Waals surface area contributed by atoms with Crippen molar-refractivity contribution in [1.82, 2.24) is 0 Å². The molecule has 1 heterocycles. The second-order valence-corrected chi connectivity index (χ2v) is 12.6. The molecule has 0 aromatic heterocycles. The molecule has 31 heavy (non-hydrogen) atoms. The van der Waals surface area contributed by atoms with Gasteiger partial charge < -0.3 is 0 Å². The predicted octanol–water partition coefficient (Wildman–Crippen LogP) is 6.32. The Balaban J connectivity index is 1.56. The van der Waals surface area contributed by atoms with E-state index in [0.717, 1.165) is 43.3 Å². The summed E-state index contributed by atoms with van der Waals surface area (Å²) in [5.41, 5.74) is 7.92. The normalized spacial score (nSPS) is 20.0. The summed E-state index contributed by atoms with van der Waals surface area (Å²) in [4.78, 5) is 0. The van der Waals surface area contributed by atoms with E-state index in [-0.39, 0.29) is 5.41 Å². The summed E-state index contributed by atoms with van der Waals surface area (Å²) in [6, 6.07) is 18.8. The minimum atomic E-state index is -4.33. The first kappa shape index (κ1) is 19.6. The summed E-state index contributed by atoms with van der Waals surface area (Å²) in [6.45, 7) is 0. The molecule has 0 N–H and O–H groups in total. The first-order chi connectivity index (χ1) is 14.8. The molecule has 154 valence electrons. The van der Waals surface area contributed by atoms with Crippen molar-refractivity contribution in [3.05, 3.63) is 99.6 Å². The molecule has 6 rings (SSSR count). The van der Waals surface area contributed by atoms with E-state index in [2.05, 4.69) is 36.4 Å². The number of hydrogen-bond donors (Lipinski definition) is 0. The molecule has 3 aromatic rings. The SMILES string of the molecule is [B][P+]1(c2ccc(C(F)(F)F)cc2)Cc2cccc3c2C2(CC3)CCc3cccc(c32)C1. The van der Waals surface area contributed by atoms with Crippen molar-refractivity contribution in [3.8, 4) is 0 Å². The maximum absolute atomic E-state index is 13.1. The van der Waals surface area contributed by atoms with Gasteiger partial charge in [-0.1, -0.05) is 36.4 Å². The Kier molecular flexibility index (Phi) is 4.10. The van der Waals surface area contributed by atoms with Crippen LogP contribution in [0.1, 0.15) is 51.8 Å². The van der Waals surface area contributed by atoms with Crippen LogP contribution in [0.15, 0.2) is 60.7 Å². The van der Waals surface area contributed by atoms with E-state index in [4.69, 9.17) is 7.57 Å². The number of aryl methyl sites for hydroxylation is 2. The van der Waals surface area contributed by atoms with Gasteiger partial charge in [0.05, 0.1) is 23.2 Å². The Morgan fingerprint density at radius 1 is 0.710 bits per heavy atom. The van der Waals surface area contributed by atoms with Gasteiger partial charge in [0.15, 0.2) is 0 Å². The molecule has 0 unspecified atom stereocenters. The number of hydrogen-bond acceptors (Lipinski definition) is 0. The maximum Gasteiger partial charge on any atom is 0.416 e. The second kappa shape index (κ2) is 6.48. The van der Waals surface area contributed by atoms with Gasteiger partial charge in [0, 0.05) is 12.6 Å². The van der Waals surface area contributed by atoms with Crippen molar-refractivity contribution < 1.29 is 13.2 Å². The molecule has 0 saturated carbocycles. The molecule has 0 saturated heterocycles. The standard InChI is InChI=1S/C26H22BF3P/c27-31(22-9-7-21(8-10-22)26(28,29)30)15-19-5-1-3-17-11-13-25(23(17)19)14-12-18-4-2-6-20(16-31)24(18)25/h1-10H,11-16H2/q+1. The summed E-state index contributed by atoms with van der Waals surface area (Å²) in [7, 11) is 4.97. The van der Waals surface area contributed by atoms with E-state index in [1.54, 1.807) is 12.1 Å². The fraction of sp³-hybridized carbons (Fsp3) is 0.308. The molecule has 0 atom stereocenters. The molecule has 1 aliphatic heterocycles. The van der Waals surface area contributed by atoms with E-state index in [1.165, 1.54) is 45.5 Å². The van der Waals surface area contributed by atoms with Crippen LogP contribution >= 0.6 is 7.14 Å². The number of halogens is 3. The largest absolute Gasteiger partial charge is 0.416 e. The van der Waals surface area contributed by atoms with Crippen molar-refractivity contribution in [2.75, 3.05) is 0 Å². The van der Waals surface area contributed by atoms with Gasteiger partial charge in [0.1, 0.15) is 0 Å². The maximum atomic E-state index is 13.1. The quantitative estimate of drug-likeness (QED) is 0.311. The van der Waals surface area contributed by atoms with Crippen LogP contribution in [0.25, 0.3) is 0 Å². The Labute approximate surface area is 182 Å². The molecular formula is C26H22BF3P+. The molecule has 0 amide bonds. The van der Waals surface area contributed by atoms with E-state index < -0.39 is 18.9 Å². The summed E-state index contributed by atoms with van der Waals surface area (Å²) in [5.74, 6) is 0. The second-order valence-electron chi connectivity index (χ2n) is 9.38. The van der Waals surface area contributed by atoms with Gasteiger partial charge in [0.2, 0.25) is 0 Å². The molecule has 0 nitrogen and oxygen atoms in total. The van der Waals surface area contributed by atoms with Gasteiger partial charge >= 0.3 is 13.7 Å². The fourth-order valence-electron chi connectivity index (χ4n) is 6.46. The van der Waals surface area contributed by atoms with Gasteiger partial charge in [-0.15, -0.1) is 0 Å². The lowest BCUT2D eigenvalue weighted by molar-refractivity contribution is -0.137. The van der Waals surface area contributed by atoms with Gasteiger partial charge in [-0.3, -0.25) is 0 Å². The van der Waals surface area contributed by atoms with Crippen LogP contribution in [0.3, 0.4) is 0 Å². The van der Waals surface area contributed by atoms with Crippen LogP contribution in [0.4, 0.5) is 13.2 Å². The van der Waals surface area contributed by atoms with E-state index in [0.29, 0.717) is 0 Å². The molecule has 1 spiro atoms. The molecule has 3 aliphatic rings. The zero-order valence-corrected chi connectivity index (χ0v) is 18.1. The Morgan fingerprint density at radius 2 is 1.19 bits per heavy atom. The van der Waals surface area contributed by atoms with E-state index in [9.17, 15) is 13.2 Å². The molecule has 3 aromatic carbocycles. The average Bonchev–Trinajstić information content (AvgIpc) is 3.30. The predicted molar refractivity (Wildman–Crippen MR) is 121 cm³/mol. The first-order valence-electron chi connectivity index (χ1n) is 10.9. The van der Waals surface area contributed by atoms with Crippen molar-refractivity contribution in [3.63, 3.8) is 0 Å². The molecule has 5 heteroatoms. The van der Waals surface area contributed by atoms with Crippen LogP contribution in [0.2, 0.25) is 0 Å². The zero-order chi connectivity index (χ0) is 21.4. The van der Waals surface area contributed by atoms with E-state index >= 15 is 0 Å². The summed E-state index contributed by atoms with van der Waals surface area (Å²) in [6.07, 6.45) is 1.64. The van der Waals surface area contributed by atoms with Crippen LogP contribution in [0, 0.1) is 0 Å². The average molecular weight is 433 g/mol. The Morgan fingerprint density at radius 3 is 1.68 bits per heavy atom. The monoisotopic (exact) mass is 433 g/mol.